The Balaban J connectivity index is 1.83. The Morgan fingerprint density at radius 1 is 1.11 bits per heavy atom. The lowest BCUT2D eigenvalue weighted by Gasteiger charge is -2.18. The average molecular weight is 379 g/mol. The van der Waals surface area contributed by atoms with Crippen LogP contribution < -0.4 is 4.74 Å². The summed E-state index contributed by atoms with van der Waals surface area (Å²) in [4.78, 5) is 0. The van der Waals surface area contributed by atoms with Crippen LogP contribution in [0.3, 0.4) is 0 Å². The second-order valence-electron chi connectivity index (χ2n) is 6.09. The molecule has 0 spiro atoms. The van der Waals surface area contributed by atoms with Gasteiger partial charge in [-0.3, -0.25) is 4.57 Å². The Morgan fingerprint density at radius 3 is 2.52 bits per heavy atom. The van der Waals surface area contributed by atoms with Crippen LogP contribution in [0, 0.1) is 11.3 Å². The third-order valence-electron chi connectivity index (χ3n) is 4.37. The number of hydrogen-bond acceptors (Lipinski definition) is 5. The van der Waals surface area contributed by atoms with Crippen molar-refractivity contribution in [2.24, 2.45) is 0 Å². The molecule has 0 saturated heterocycles. The predicted octanol–water partition coefficient (Wildman–Crippen LogP) is 4.64. The summed E-state index contributed by atoms with van der Waals surface area (Å²) in [6.07, 6.45) is 1.00. The highest BCUT2D eigenvalue weighted by Gasteiger charge is 2.19. The van der Waals surface area contributed by atoms with Crippen LogP contribution in [0.5, 0.6) is 5.75 Å². The molecule has 138 valence electrons. The third-order valence-corrected chi connectivity index (χ3v) is 5.18. The van der Waals surface area contributed by atoms with Crippen molar-refractivity contribution in [3.8, 4) is 11.8 Å². The molecule has 0 aliphatic rings. The second kappa shape index (κ2) is 9.24. The topological polar surface area (TPSA) is 63.7 Å². The van der Waals surface area contributed by atoms with Gasteiger partial charge < -0.3 is 4.74 Å². The zero-order valence-electron chi connectivity index (χ0n) is 15.5. The first-order valence-electron chi connectivity index (χ1n) is 8.93. The van der Waals surface area contributed by atoms with Crippen LogP contribution in [0.4, 0.5) is 0 Å². The van der Waals surface area contributed by atoms with Gasteiger partial charge in [0, 0.05) is 0 Å². The number of aromatic nitrogens is 3. The van der Waals surface area contributed by atoms with Crippen LogP contribution in [0.2, 0.25) is 0 Å². The van der Waals surface area contributed by atoms with Gasteiger partial charge in [-0.05, 0) is 36.6 Å². The second-order valence-corrected chi connectivity index (χ2v) is 7.03. The van der Waals surface area contributed by atoms with Crippen molar-refractivity contribution in [1.82, 2.24) is 14.8 Å². The van der Waals surface area contributed by atoms with Gasteiger partial charge in [0.25, 0.3) is 0 Å². The zero-order chi connectivity index (χ0) is 19.1. The fraction of sp³-hybridized carbons (Fsp3) is 0.286. The van der Waals surface area contributed by atoms with Crippen molar-refractivity contribution in [2.45, 2.75) is 38.1 Å². The summed E-state index contributed by atoms with van der Waals surface area (Å²) in [5, 5.41) is 18.3. The normalized spacial score (nSPS) is 11.7. The molecule has 0 aliphatic carbocycles. The van der Waals surface area contributed by atoms with Crippen LogP contribution in [-0.2, 0) is 13.0 Å². The minimum absolute atomic E-state index is 0.0449. The molecule has 0 N–H and O–H groups in total. The van der Waals surface area contributed by atoms with E-state index in [9.17, 15) is 0 Å². The number of rotatable bonds is 8. The lowest BCUT2D eigenvalue weighted by Crippen LogP contribution is -2.14. The molecule has 2 aromatic carbocycles. The molecule has 1 atom stereocenters. The van der Waals surface area contributed by atoms with Gasteiger partial charge in [0.1, 0.15) is 12.4 Å². The molecule has 1 unspecified atom stereocenters. The highest BCUT2D eigenvalue weighted by atomic mass is 32.2. The highest BCUT2D eigenvalue weighted by Crippen LogP contribution is 2.27. The number of ether oxygens (including phenoxy) is 1. The molecule has 0 aliphatic heterocycles. The maximum Gasteiger partial charge on any atom is 0.192 e. The first-order chi connectivity index (χ1) is 13.2. The standard InChI is InChI=1S/C21H22N4OS/c1-3-17-9-11-19(12-10-17)26-15-20-23-24-21(27-14-13-22)25(20)16(2)18-7-5-4-6-8-18/h4-12,16H,3,14-15H2,1-2H3. The Labute approximate surface area is 164 Å². The first kappa shape index (κ1) is 19.0. The molecule has 1 heterocycles. The SMILES string of the molecule is CCc1ccc(OCc2nnc(SCC#N)n2C(C)c2ccccc2)cc1. The average Bonchev–Trinajstić information content (AvgIpc) is 3.13. The lowest BCUT2D eigenvalue weighted by molar-refractivity contribution is 0.285. The van der Waals surface area contributed by atoms with Gasteiger partial charge in [-0.2, -0.15) is 5.26 Å². The van der Waals surface area contributed by atoms with Crippen molar-refractivity contribution < 1.29 is 4.74 Å². The summed E-state index contributed by atoms with van der Waals surface area (Å²) in [5.74, 6) is 1.88. The van der Waals surface area contributed by atoms with Gasteiger partial charge in [-0.1, -0.05) is 61.2 Å². The molecule has 1 aromatic heterocycles. The summed E-state index contributed by atoms with van der Waals surface area (Å²) in [7, 11) is 0. The minimum atomic E-state index is 0.0449. The van der Waals surface area contributed by atoms with Crippen molar-refractivity contribution in [2.75, 3.05) is 5.75 Å². The summed E-state index contributed by atoms with van der Waals surface area (Å²) < 4.78 is 7.99. The lowest BCUT2D eigenvalue weighted by atomic mass is 10.1. The summed E-state index contributed by atoms with van der Waals surface area (Å²) in [6, 6.07) is 20.5. The molecule has 27 heavy (non-hydrogen) atoms. The Bertz CT molecular complexity index is 900. The van der Waals surface area contributed by atoms with E-state index in [0.29, 0.717) is 12.4 Å². The van der Waals surface area contributed by atoms with Crippen LogP contribution in [0.15, 0.2) is 59.8 Å². The van der Waals surface area contributed by atoms with Gasteiger partial charge in [0.05, 0.1) is 17.9 Å². The van der Waals surface area contributed by atoms with Gasteiger partial charge in [0.15, 0.2) is 11.0 Å². The van der Waals surface area contributed by atoms with Crippen LogP contribution >= 0.6 is 11.8 Å². The number of thioether (sulfide) groups is 1. The Hall–Kier alpha value is -2.78. The Kier molecular flexibility index (Phi) is 6.50. The number of aryl methyl sites for hydroxylation is 1. The summed E-state index contributed by atoms with van der Waals surface area (Å²) >= 11 is 1.39. The summed E-state index contributed by atoms with van der Waals surface area (Å²) in [5.41, 5.74) is 2.43. The van der Waals surface area contributed by atoms with Crippen molar-refractivity contribution in [3.63, 3.8) is 0 Å². The quantitative estimate of drug-likeness (QED) is 0.534. The van der Waals surface area contributed by atoms with E-state index in [2.05, 4.69) is 58.9 Å². The van der Waals surface area contributed by atoms with Crippen LogP contribution in [-0.4, -0.2) is 20.5 Å². The van der Waals surface area contributed by atoms with Gasteiger partial charge >= 0.3 is 0 Å². The van der Waals surface area contributed by atoms with Crippen molar-refractivity contribution >= 4 is 11.8 Å². The number of benzene rings is 2. The van der Waals surface area contributed by atoms with Crippen molar-refractivity contribution in [1.29, 1.82) is 5.26 Å². The number of nitrogens with zero attached hydrogens (tertiary/aromatic N) is 4. The van der Waals surface area contributed by atoms with Crippen molar-refractivity contribution in [3.05, 3.63) is 71.5 Å². The van der Waals surface area contributed by atoms with E-state index >= 15 is 0 Å². The molecule has 3 aromatic rings. The largest absolute Gasteiger partial charge is 0.486 e. The molecular formula is C21H22N4OS. The molecular weight excluding hydrogens is 356 g/mol. The number of nitriles is 1. The molecule has 5 nitrogen and oxygen atoms in total. The predicted molar refractivity (Wildman–Crippen MR) is 107 cm³/mol. The Morgan fingerprint density at radius 2 is 1.85 bits per heavy atom. The number of hydrogen-bond donors (Lipinski definition) is 0. The van der Waals surface area contributed by atoms with Crippen LogP contribution in [0.25, 0.3) is 0 Å². The smallest absolute Gasteiger partial charge is 0.192 e. The first-order valence-corrected chi connectivity index (χ1v) is 9.91. The van der Waals surface area contributed by atoms with E-state index in [0.717, 1.165) is 28.7 Å². The molecule has 0 bridgehead atoms. The maximum absolute atomic E-state index is 8.92. The van der Waals surface area contributed by atoms with E-state index in [4.69, 9.17) is 10.00 Å². The van der Waals surface area contributed by atoms with E-state index < -0.39 is 0 Å². The highest BCUT2D eigenvalue weighted by molar-refractivity contribution is 7.99. The molecule has 0 fully saturated rings. The van der Waals surface area contributed by atoms with Gasteiger partial charge in [-0.25, -0.2) is 0 Å². The minimum Gasteiger partial charge on any atom is -0.486 e. The van der Waals surface area contributed by atoms with Gasteiger partial charge in [-0.15, -0.1) is 10.2 Å². The molecule has 0 saturated carbocycles. The summed E-state index contributed by atoms with van der Waals surface area (Å²) in [6.45, 7) is 4.56. The van der Waals surface area contributed by atoms with E-state index in [1.54, 1.807) is 0 Å². The monoisotopic (exact) mass is 378 g/mol. The van der Waals surface area contributed by atoms with E-state index in [-0.39, 0.29) is 6.04 Å². The van der Waals surface area contributed by atoms with Crippen LogP contribution in [0.1, 0.15) is 36.8 Å². The molecule has 3 rings (SSSR count). The maximum atomic E-state index is 8.92. The zero-order valence-corrected chi connectivity index (χ0v) is 16.3. The fourth-order valence-corrected chi connectivity index (χ4v) is 3.53. The third kappa shape index (κ3) is 4.69. The fourth-order valence-electron chi connectivity index (χ4n) is 2.84. The van der Waals surface area contributed by atoms with Gasteiger partial charge in [0.2, 0.25) is 0 Å². The van der Waals surface area contributed by atoms with E-state index in [1.165, 1.54) is 17.3 Å². The van der Waals surface area contributed by atoms with E-state index in [1.807, 2.05) is 30.3 Å². The molecule has 0 radical (unpaired) electrons. The molecule has 0 amide bonds. The molecule has 6 heteroatoms.